The van der Waals surface area contributed by atoms with Gasteiger partial charge in [-0.1, -0.05) is 55.4 Å². The summed E-state index contributed by atoms with van der Waals surface area (Å²) >= 11 is 0. The van der Waals surface area contributed by atoms with E-state index in [1.54, 1.807) is 0 Å². The third kappa shape index (κ3) is 5.74. The lowest BCUT2D eigenvalue weighted by Gasteiger charge is -2.17. The first-order valence-corrected chi connectivity index (χ1v) is 17.9. The molecule has 2 aliphatic heterocycles. The molecule has 0 saturated heterocycles. The van der Waals surface area contributed by atoms with Gasteiger partial charge in [0.2, 0.25) is 0 Å². The predicted octanol–water partition coefficient (Wildman–Crippen LogP) is 10.3. The lowest BCUT2D eigenvalue weighted by Crippen LogP contribution is -2.20. The molecule has 0 aromatic carbocycles. The number of carbonyl (C=O) groups is 2. The van der Waals surface area contributed by atoms with E-state index in [1.165, 1.54) is 36.1 Å². The number of ketones is 2. The highest BCUT2D eigenvalue weighted by Gasteiger charge is 2.34. The van der Waals surface area contributed by atoms with Crippen molar-refractivity contribution in [3.63, 3.8) is 0 Å². The van der Waals surface area contributed by atoms with Gasteiger partial charge in [0.15, 0.2) is 0 Å². The van der Waals surface area contributed by atoms with Crippen LogP contribution in [0.4, 0.5) is 0 Å². The van der Waals surface area contributed by atoms with Crippen molar-refractivity contribution in [2.24, 2.45) is 0 Å². The number of nitrogens with zero attached hydrogens (tertiary/aromatic N) is 2. The number of carbonyl (C=O) groups excluding carboxylic acids is 2. The maximum atomic E-state index is 13.4. The van der Waals surface area contributed by atoms with E-state index < -0.39 is 5.92 Å². The Hall–Kier alpha value is -4.06. The van der Waals surface area contributed by atoms with Gasteiger partial charge in [-0.2, -0.15) is 0 Å². The second kappa shape index (κ2) is 14.0. The normalized spacial score (nSPS) is 13.3. The van der Waals surface area contributed by atoms with Crippen LogP contribution in [0.25, 0.3) is 44.4 Å². The number of allylic oxidation sites excluding steroid dienone is 4. The Labute approximate surface area is 280 Å². The van der Waals surface area contributed by atoms with E-state index in [9.17, 15) is 9.59 Å². The molecule has 6 nitrogen and oxygen atoms in total. The number of rotatable bonds is 11. The molecule has 0 amide bonds. The molecule has 0 aliphatic carbocycles. The number of H-pyrrole nitrogens is 2. The molecule has 5 heterocycles. The van der Waals surface area contributed by atoms with E-state index in [0.29, 0.717) is 5.56 Å². The number of aryl methyl sites for hydroxylation is 4. The monoisotopic (exact) mass is 632 g/mol. The Kier molecular flexibility index (Phi) is 10.2. The first-order chi connectivity index (χ1) is 22.6. The smallest absolute Gasteiger partial charge is 0.144 e. The maximum Gasteiger partial charge on any atom is 0.144 e. The molecule has 6 heteroatoms. The van der Waals surface area contributed by atoms with Crippen LogP contribution in [0.2, 0.25) is 0 Å². The van der Waals surface area contributed by atoms with Crippen LogP contribution in [0.3, 0.4) is 0 Å². The topological polar surface area (TPSA) is 91.5 Å². The predicted molar refractivity (Wildman–Crippen MR) is 197 cm³/mol. The Morgan fingerprint density at radius 3 is 1.11 bits per heavy atom. The van der Waals surface area contributed by atoms with E-state index in [0.717, 1.165) is 119 Å². The number of aromatic nitrogens is 4. The van der Waals surface area contributed by atoms with Crippen LogP contribution in [0.15, 0.2) is 18.2 Å². The molecule has 0 unspecified atom stereocenters. The maximum absolute atomic E-state index is 13.4. The van der Waals surface area contributed by atoms with Crippen LogP contribution in [0.1, 0.15) is 151 Å². The molecule has 3 aromatic rings. The molecule has 2 aliphatic rings. The Bertz CT molecular complexity index is 1840. The fourth-order valence-corrected chi connectivity index (χ4v) is 8.19. The van der Waals surface area contributed by atoms with Gasteiger partial charge in [0.05, 0.1) is 22.8 Å². The van der Waals surface area contributed by atoms with E-state index in [-0.39, 0.29) is 11.6 Å². The summed E-state index contributed by atoms with van der Waals surface area (Å²) in [7, 11) is 0. The summed E-state index contributed by atoms with van der Waals surface area (Å²) in [5, 5.41) is 0. The van der Waals surface area contributed by atoms with Crippen molar-refractivity contribution in [2.75, 3.05) is 0 Å². The molecule has 3 aromatic heterocycles. The van der Waals surface area contributed by atoms with Crippen LogP contribution in [0.5, 0.6) is 0 Å². The summed E-state index contributed by atoms with van der Waals surface area (Å²) in [5.74, 6) is -1.29. The van der Waals surface area contributed by atoms with E-state index in [2.05, 4.69) is 83.6 Å². The zero-order chi connectivity index (χ0) is 34.2. The highest BCUT2D eigenvalue weighted by atomic mass is 16.1. The zero-order valence-corrected chi connectivity index (χ0v) is 30.2. The van der Waals surface area contributed by atoms with E-state index in [1.807, 2.05) is 0 Å². The number of aromatic amines is 2. The lowest BCUT2D eigenvalue weighted by atomic mass is 9.84. The summed E-state index contributed by atoms with van der Waals surface area (Å²) in [6, 6.07) is 6.70. The zero-order valence-electron chi connectivity index (χ0n) is 30.2. The Balaban J connectivity index is 2.17. The fourth-order valence-electron chi connectivity index (χ4n) is 8.19. The van der Waals surface area contributed by atoms with Gasteiger partial charge in [0.1, 0.15) is 17.5 Å². The molecule has 0 spiro atoms. The second-order valence-corrected chi connectivity index (χ2v) is 12.8. The van der Waals surface area contributed by atoms with Gasteiger partial charge >= 0.3 is 0 Å². The minimum absolute atomic E-state index is 0.176. The molecule has 0 atom stereocenters. The summed E-state index contributed by atoms with van der Waals surface area (Å²) in [6.07, 6.45) is 6.68. The summed E-state index contributed by atoms with van der Waals surface area (Å²) in [6.45, 7) is 20.6. The number of hydrogen-bond donors (Lipinski definition) is 2. The van der Waals surface area contributed by atoms with Crippen molar-refractivity contribution in [2.45, 2.75) is 127 Å². The van der Waals surface area contributed by atoms with Crippen molar-refractivity contribution >= 4 is 55.9 Å². The van der Waals surface area contributed by atoms with Crippen LogP contribution < -0.4 is 0 Å². The molecule has 0 saturated carbocycles. The van der Waals surface area contributed by atoms with Crippen molar-refractivity contribution in [1.82, 2.24) is 19.9 Å². The van der Waals surface area contributed by atoms with Gasteiger partial charge in [0.25, 0.3) is 0 Å². The lowest BCUT2D eigenvalue weighted by molar-refractivity contribution is -0.126. The summed E-state index contributed by atoms with van der Waals surface area (Å²) < 4.78 is 0. The average molecular weight is 633 g/mol. The van der Waals surface area contributed by atoms with Gasteiger partial charge in [-0.05, 0) is 128 Å². The molecule has 5 rings (SSSR count). The van der Waals surface area contributed by atoms with Crippen molar-refractivity contribution in [3.8, 4) is 0 Å². The molecule has 47 heavy (non-hydrogen) atoms. The van der Waals surface area contributed by atoms with Crippen molar-refractivity contribution in [3.05, 3.63) is 68.8 Å². The molecule has 0 radical (unpaired) electrons. The molecule has 8 bridgehead atoms. The molecular formula is C41H52N4O2. The summed E-state index contributed by atoms with van der Waals surface area (Å²) in [5.41, 5.74) is 18.1. The average Bonchev–Trinajstić information content (AvgIpc) is 3.77. The van der Waals surface area contributed by atoms with Gasteiger partial charge in [-0.25, -0.2) is 9.97 Å². The third-order valence-corrected chi connectivity index (χ3v) is 10.2. The molecular weight excluding hydrogens is 580 g/mol. The van der Waals surface area contributed by atoms with Gasteiger partial charge in [0, 0.05) is 27.6 Å². The molecule has 2 N–H and O–H groups in total. The van der Waals surface area contributed by atoms with Crippen LogP contribution in [0, 0.1) is 0 Å². The van der Waals surface area contributed by atoms with Gasteiger partial charge in [-0.3, -0.25) is 9.59 Å². The van der Waals surface area contributed by atoms with Crippen LogP contribution in [-0.4, -0.2) is 31.5 Å². The first kappa shape index (κ1) is 34.3. The number of nitrogens with one attached hydrogen (secondary N) is 2. The Morgan fingerprint density at radius 1 is 0.511 bits per heavy atom. The van der Waals surface area contributed by atoms with E-state index in [4.69, 9.17) is 9.97 Å². The van der Waals surface area contributed by atoms with Crippen molar-refractivity contribution in [1.29, 1.82) is 0 Å². The third-order valence-electron chi connectivity index (χ3n) is 10.2. The van der Waals surface area contributed by atoms with Gasteiger partial charge < -0.3 is 9.97 Å². The quantitative estimate of drug-likeness (QED) is 0.206. The first-order valence-electron chi connectivity index (χ1n) is 17.9. The van der Waals surface area contributed by atoms with Crippen LogP contribution in [-0.2, 0) is 35.3 Å². The number of hydrogen-bond acceptors (Lipinski definition) is 4. The minimum atomic E-state index is -0.941. The highest BCUT2D eigenvalue weighted by molar-refractivity contribution is 6.09. The minimum Gasteiger partial charge on any atom is -0.355 e. The van der Waals surface area contributed by atoms with Gasteiger partial charge in [-0.15, -0.1) is 0 Å². The molecule has 248 valence electrons. The Morgan fingerprint density at radius 2 is 0.830 bits per heavy atom. The summed E-state index contributed by atoms with van der Waals surface area (Å²) in [4.78, 5) is 45.2. The molecule has 0 fully saturated rings. The SMILES string of the molecule is CCC1=C(CC)c2nc1cc1[nH]c(cc3[nH]c(cc4nc(c2C(C(C)=O)C(C)=O)C(CC)=C4CC)c(CC)c3CC)c(CC)c1CC. The fraction of sp³-hybridized carbons (Fsp3) is 0.463. The number of Topliss-reactive ketones (excluding diaryl/α,β-unsaturated/α-hetero) is 2. The van der Waals surface area contributed by atoms with E-state index >= 15 is 0 Å². The standard InChI is InChI=1S/C41H52N4O2/c1-11-24-26(13-3)34-20-36-28(15-5)30(17-7)40(44-36)39(38(22(9)46)23(10)47)41-31(18-8)29(16-6)37(45-41)21-35-27(14-4)25(12-2)33(43-35)19-32(24)42-34/h19-21,38,42-43H,11-18H2,1-10H3. The van der Waals surface area contributed by atoms with Crippen LogP contribution >= 0.6 is 0 Å². The largest absolute Gasteiger partial charge is 0.355 e. The second-order valence-electron chi connectivity index (χ2n) is 12.8. The number of fused-ring (bicyclic) bond motifs is 8. The highest BCUT2D eigenvalue weighted by Crippen LogP contribution is 2.44. The van der Waals surface area contributed by atoms with Crippen molar-refractivity contribution < 1.29 is 9.59 Å².